The van der Waals surface area contributed by atoms with E-state index in [4.69, 9.17) is 10.2 Å². The lowest BCUT2D eigenvalue weighted by Gasteiger charge is -2.07. The molecule has 0 radical (unpaired) electrons. The third-order valence-corrected chi connectivity index (χ3v) is 3.73. The minimum Gasteiger partial charge on any atom is -0.449 e. The standard InChI is InChI=1S/C18H17N3O2/c1-11-9-20-16(18(19)22)8-15(11)7-13-3-5-14(6-4-13)17-10-23-12(2)21-17/h3-6,8-10H,7H2,1-2H3,(H2,19,22). The first-order valence-corrected chi connectivity index (χ1v) is 7.29. The average Bonchev–Trinajstić information content (AvgIpc) is 2.96. The number of benzene rings is 1. The number of primary amides is 1. The van der Waals surface area contributed by atoms with Crippen LogP contribution in [0.15, 0.2) is 47.2 Å². The maximum atomic E-state index is 11.3. The van der Waals surface area contributed by atoms with E-state index in [1.807, 2.05) is 38.1 Å². The molecule has 0 unspecified atom stereocenters. The molecule has 3 rings (SSSR count). The molecule has 0 aliphatic heterocycles. The molecule has 0 fully saturated rings. The monoisotopic (exact) mass is 307 g/mol. The van der Waals surface area contributed by atoms with E-state index < -0.39 is 5.91 Å². The van der Waals surface area contributed by atoms with Crippen LogP contribution in [0.25, 0.3) is 11.3 Å². The van der Waals surface area contributed by atoms with Gasteiger partial charge in [-0.3, -0.25) is 9.78 Å². The van der Waals surface area contributed by atoms with Gasteiger partial charge in [0, 0.05) is 18.7 Å². The maximum Gasteiger partial charge on any atom is 0.267 e. The van der Waals surface area contributed by atoms with Gasteiger partial charge in [0.15, 0.2) is 5.89 Å². The summed E-state index contributed by atoms with van der Waals surface area (Å²) in [7, 11) is 0. The topological polar surface area (TPSA) is 82.0 Å². The number of nitrogens with two attached hydrogens (primary N) is 1. The van der Waals surface area contributed by atoms with Gasteiger partial charge in [-0.05, 0) is 36.1 Å². The van der Waals surface area contributed by atoms with Crippen LogP contribution in [0.4, 0.5) is 0 Å². The van der Waals surface area contributed by atoms with Crippen LogP contribution < -0.4 is 5.73 Å². The lowest BCUT2D eigenvalue weighted by Crippen LogP contribution is -2.13. The fourth-order valence-electron chi connectivity index (χ4n) is 2.40. The van der Waals surface area contributed by atoms with Crippen molar-refractivity contribution in [1.82, 2.24) is 9.97 Å². The van der Waals surface area contributed by atoms with Crippen molar-refractivity contribution >= 4 is 5.91 Å². The van der Waals surface area contributed by atoms with Gasteiger partial charge in [0.05, 0.1) is 0 Å². The highest BCUT2D eigenvalue weighted by Crippen LogP contribution is 2.21. The molecule has 0 spiro atoms. The zero-order chi connectivity index (χ0) is 16.4. The Bertz CT molecular complexity index is 851. The molecule has 0 saturated carbocycles. The fraction of sp³-hybridized carbons (Fsp3) is 0.167. The van der Waals surface area contributed by atoms with E-state index in [1.54, 1.807) is 18.5 Å². The predicted molar refractivity (Wildman–Crippen MR) is 87.0 cm³/mol. The molecular weight excluding hydrogens is 290 g/mol. The number of nitrogens with zero attached hydrogens (tertiary/aromatic N) is 2. The maximum absolute atomic E-state index is 11.3. The number of oxazole rings is 1. The van der Waals surface area contributed by atoms with Crippen LogP contribution in [0, 0.1) is 13.8 Å². The predicted octanol–water partition coefficient (Wildman–Crippen LogP) is 3.04. The highest BCUT2D eigenvalue weighted by atomic mass is 16.3. The molecule has 0 saturated heterocycles. The van der Waals surface area contributed by atoms with Crippen LogP contribution in [-0.4, -0.2) is 15.9 Å². The van der Waals surface area contributed by atoms with Gasteiger partial charge in [-0.1, -0.05) is 24.3 Å². The molecule has 0 bridgehead atoms. The molecule has 5 nitrogen and oxygen atoms in total. The Morgan fingerprint density at radius 3 is 2.57 bits per heavy atom. The van der Waals surface area contributed by atoms with Crippen LogP contribution >= 0.6 is 0 Å². The third-order valence-electron chi connectivity index (χ3n) is 3.73. The number of amides is 1. The van der Waals surface area contributed by atoms with Crippen LogP contribution in [0.3, 0.4) is 0 Å². The first-order valence-electron chi connectivity index (χ1n) is 7.29. The van der Waals surface area contributed by atoms with E-state index in [2.05, 4.69) is 9.97 Å². The van der Waals surface area contributed by atoms with Crippen LogP contribution in [-0.2, 0) is 6.42 Å². The molecule has 0 aliphatic carbocycles. The van der Waals surface area contributed by atoms with Gasteiger partial charge >= 0.3 is 0 Å². The van der Waals surface area contributed by atoms with E-state index in [9.17, 15) is 4.79 Å². The van der Waals surface area contributed by atoms with Gasteiger partial charge in [0.1, 0.15) is 17.7 Å². The van der Waals surface area contributed by atoms with Crippen LogP contribution in [0.1, 0.15) is 33.1 Å². The molecule has 23 heavy (non-hydrogen) atoms. The second-order valence-corrected chi connectivity index (χ2v) is 5.49. The van der Waals surface area contributed by atoms with Gasteiger partial charge < -0.3 is 10.2 Å². The first-order chi connectivity index (χ1) is 11.0. The van der Waals surface area contributed by atoms with Gasteiger partial charge in [0.25, 0.3) is 5.91 Å². The van der Waals surface area contributed by atoms with E-state index >= 15 is 0 Å². The number of carbonyl (C=O) groups is 1. The second kappa shape index (κ2) is 6.04. The zero-order valence-corrected chi connectivity index (χ0v) is 13.0. The van der Waals surface area contributed by atoms with Gasteiger partial charge in [-0.25, -0.2) is 4.98 Å². The quantitative estimate of drug-likeness (QED) is 0.803. The summed E-state index contributed by atoms with van der Waals surface area (Å²) < 4.78 is 5.23. The molecule has 1 amide bonds. The van der Waals surface area contributed by atoms with E-state index in [0.717, 1.165) is 27.9 Å². The van der Waals surface area contributed by atoms with Crippen molar-refractivity contribution in [2.75, 3.05) is 0 Å². The number of carbonyl (C=O) groups excluding carboxylic acids is 1. The van der Waals surface area contributed by atoms with Crippen LogP contribution in [0.2, 0.25) is 0 Å². The molecule has 3 aromatic rings. The Kier molecular flexibility index (Phi) is 3.93. The number of rotatable bonds is 4. The molecule has 116 valence electrons. The largest absolute Gasteiger partial charge is 0.449 e. The molecule has 0 atom stereocenters. The highest BCUT2D eigenvalue weighted by molar-refractivity contribution is 5.90. The summed E-state index contributed by atoms with van der Waals surface area (Å²) in [4.78, 5) is 19.6. The molecule has 5 heteroatoms. The summed E-state index contributed by atoms with van der Waals surface area (Å²) in [6.45, 7) is 3.79. The van der Waals surface area contributed by atoms with E-state index in [-0.39, 0.29) is 0 Å². The average molecular weight is 307 g/mol. The van der Waals surface area contributed by atoms with Crippen molar-refractivity contribution in [3.63, 3.8) is 0 Å². The number of pyridine rings is 1. The van der Waals surface area contributed by atoms with Crippen molar-refractivity contribution in [3.05, 3.63) is 71.1 Å². The van der Waals surface area contributed by atoms with E-state index in [1.165, 1.54) is 0 Å². The SMILES string of the molecule is Cc1nc(-c2ccc(Cc3cc(C(N)=O)ncc3C)cc2)co1. The molecular formula is C18H17N3O2. The van der Waals surface area contributed by atoms with Crippen molar-refractivity contribution < 1.29 is 9.21 Å². The third kappa shape index (κ3) is 3.29. The van der Waals surface area contributed by atoms with Gasteiger partial charge in [-0.2, -0.15) is 0 Å². The Balaban J connectivity index is 1.83. The lowest BCUT2D eigenvalue weighted by molar-refractivity contribution is 0.0995. The highest BCUT2D eigenvalue weighted by Gasteiger charge is 2.08. The van der Waals surface area contributed by atoms with Gasteiger partial charge in [0.2, 0.25) is 0 Å². The second-order valence-electron chi connectivity index (χ2n) is 5.49. The van der Waals surface area contributed by atoms with Gasteiger partial charge in [-0.15, -0.1) is 0 Å². The number of hydrogen-bond acceptors (Lipinski definition) is 4. The summed E-state index contributed by atoms with van der Waals surface area (Å²) in [6.07, 6.45) is 4.05. The lowest BCUT2D eigenvalue weighted by atomic mass is 10.00. The summed E-state index contributed by atoms with van der Waals surface area (Å²) >= 11 is 0. The molecule has 1 aromatic carbocycles. The summed E-state index contributed by atoms with van der Waals surface area (Å²) in [5.41, 5.74) is 10.6. The molecule has 2 heterocycles. The van der Waals surface area contributed by atoms with Crippen molar-refractivity contribution in [2.45, 2.75) is 20.3 Å². The van der Waals surface area contributed by atoms with E-state index in [0.29, 0.717) is 18.0 Å². The van der Waals surface area contributed by atoms with Crippen LogP contribution in [0.5, 0.6) is 0 Å². The summed E-state index contributed by atoms with van der Waals surface area (Å²) in [6, 6.07) is 9.87. The Hall–Kier alpha value is -2.95. The minimum absolute atomic E-state index is 0.292. The fourth-order valence-corrected chi connectivity index (χ4v) is 2.40. The Morgan fingerprint density at radius 2 is 1.96 bits per heavy atom. The van der Waals surface area contributed by atoms with Crippen molar-refractivity contribution in [3.8, 4) is 11.3 Å². The van der Waals surface area contributed by atoms with Crippen molar-refractivity contribution in [2.24, 2.45) is 5.73 Å². The molecule has 0 aliphatic rings. The normalized spacial score (nSPS) is 10.7. The smallest absolute Gasteiger partial charge is 0.267 e. The summed E-state index contributed by atoms with van der Waals surface area (Å²) in [5.74, 6) is 0.137. The molecule has 2 aromatic heterocycles. The zero-order valence-electron chi connectivity index (χ0n) is 13.0. The minimum atomic E-state index is -0.511. The summed E-state index contributed by atoms with van der Waals surface area (Å²) in [5, 5.41) is 0. The Labute approximate surface area is 134 Å². The first kappa shape index (κ1) is 15.0. The Morgan fingerprint density at radius 1 is 1.22 bits per heavy atom. The van der Waals surface area contributed by atoms with Crippen molar-refractivity contribution in [1.29, 1.82) is 0 Å². The number of aryl methyl sites for hydroxylation is 2. The number of aromatic nitrogens is 2. The number of hydrogen-bond donors (Lipinski definition) is 1. The molecule has 2 N–H and O–H groups in total.